The van der Waals surface area contributed by atoms with Crippen molar-refractivity contribution < 1.29 is 31.9 Å². The van der Waals surface area contributed by atoms with Crippen molar-refractivity contribution in [3.63, 3.8) is 0 Å². The van der Waals surface area contributed by atoms with Gasteiger partial charge in [0.2, 0.25) is 0 Å². The summed E-state index contributed by atoms with van der Waals surface area (Å²) in [5.74, 6) is -1.27. The van der Waals surface area contributed by atoms with Gasteiger partial charge in [0.25, 0.3) is 0 Å². The molecule has 0 aliphatic carbocycles. The lowest BCUT2D eigenvalue weighted by Gasteiger charge is -2.37. The number of carbonyl (C=O) groups is 2. The third kappa shape index (κ3) is 6.62. The van der Waals surface area contributed by atoms with Crippen molar-refractivity contribution in [1.29, 1.82) is 0 Å². The van der Waals surface area contributed by atoms with Crippen LogP contribution in [0.5, 0.6) is 0 Å². The zero-order chi connectivity index (χ0) is 26.7. The number of carbonyl (C=O) groups excluding carboxylic acids is 2. The van der Waals surface area contributed by atoms with Gasteiger partial charge < -0.3 is 14.4 Å². The zero-order valence-corrected chi connectivity index (χ0v) is 22.0. The van der Waals surface area contributed by atoms with Crippen LogP contribution in [-0.4, -0.2) is 73.6 Å². The summed E-state index contributed by atoms with van der Waals surface area (Å²) in [6, 6.07) is 6.57. The van der Waals surface area contributed by atoms with E-state index in [-0.39, 0.29) is 49.0 Å². The van der Waals surface area contributed by atoms with Crippen LogP contribution in [0, 0.1) is 5.82 Å². The average molecular weight is 543 g/mol. The van der Waals surface area contributed by atoms with E-state index in [1.807, 2.05) is 0 Å². The summed E-state index contributed by atoms with van der Waals surface area (Å²) < 4.78 is 53.5. The highest BCUT2D eigenvalue weighted by atomic mass is 35.5. The van der Waals surface area contributed by atoms with Crippen LogP contribution in [0.1, 0.15) is 36.8 Å². The Labute approximate surface area is 214 Å². The fourth-order valence-corrected chi connectivity index (χ4v) is 5.17. The van der Waals surface area contributed by atoms with Gasteiger partial charge in [-0.15, -0.1) is 0 Å². The number of hydrogen-bond acceptors (Lipinski definition) is 7. The summed E-state index contributed by atoms with van der Waals surface area (Å²) in [5, 5.41) is -0.239. The number of aromatic nitrogens is 1. The first kappa shape index (κ1) is 27.6. The van der Waals surface area contributed by atoms with Gasteiger partial charge >= 0.3 is 22.3 Å². The Morgan fingerprint density at radius 1 is 1.14 bits per heavy atom. The molecule has 0 atom stereocenters. The third-order valence-corrected chi connectivity index (χ3v) is 7.44. The van der Waals surface area contributed by atoms with Crippen LogP contribution in [-0.2, 0) is 26.2 Å². The number of hydrogen-bond donors (Lipinski definition) is 0. The summed E-state index contributed by atoms with van der Waals surface area (Å²) in [6.07, 6.45) is 0.764. The molecule has 196 valence electrons. The van der Waals surface area contributed by atoms with Gasteiger partial charge in [0, 0.05) is 32.4 Å². The van der Waals surface area contributed by atoms with Crippen LogP contribution in [0.25, 0.3) is 0 Å². The molecule has 36 heavy (non-hydrogen) atoms. The quantitative estimate of drug-likeness (QED) is 0.514. The molecule has 0 spiro atoms. The molecule has 0 N–H and O–H groups in total. The molecule has 13 heteroatoms. The Bertz CT molecular complexity index is 1210. The monoisotopic (exact) mass is 542 g/mol. The average Bonchev–Trinajstić information content (AvgIpc) is 2.83. The Hall–Kier alpha value is -2.96. The molecule has 0 unspecified atom stereocenters. The molecule has 1 saturated heterocycles. The first-order valence-electron chi connectivity index (χ1n) is 11.1. The van der Waals surface area contributed by atoms with E-state index < -0.39 is 33.7 Å². The molecule has 2 heterocycles. The maximum Gasteiger partial charge on any atom is 0.410 e. The van der Waals surface area contributed by atoms with Crippen molar-refractivity contribution in [1.82, 2.24) is 14.2 Å². The van der Waals surface area contributed by atoms with Crippen LogP contribution < -0.4 is 4.31 Å². The SMILES string of the molecule is COC(=O)c1ccc(CN(c2ccc(F)c(Cl)c2)S(=O)(=O)N2CCN(C(=O)OC(C)(C)C)CC2)nc1. The zero-order valence-electron chi connectivity index (χ0n) is 20.4. The smallest absolute Gasteiger partial charge is 0.410 e. The summed E-state index contributed by atoms with van der Waals surface area (Å²) in [4.78, 5) is 29.7. The number of esters is 1. The number of piperazine rings is 1. The van der Waals surface area contributed by atoms with E-state index in [1.165, 1.54) is 46.8 Å². The number of halogens is 2. The van der Waals surface area contributed by atoms with Gasteiger partial charge in [-0.05, 0) is 51.1 Å². The summed E-state index contributed by atoms with van der Waals surface area (Å²) in [5.41, 5.74) is 0.00246. The number of methoxy groups -OCH3 is 1. The number of pyridine rings is 1. The molecule has 3 rings (SSSR count). The van der Waals surface area contributed by atoms with E-state index in [0.29, 0.717) is 5.69 Å². The minimum atomic E-state index is -4.15. The predicted octanol–water partition coefficient (Wildman–Crippen LogP) is 3.46. The van der Waals surface area contributed by atoms with Gasteiger partial charge in [0.15, 0.2) is 0 Å². The van der Waals surface area contributed by atoms with Crippen LogP contribution in [0.4, 0.5) is 14.9 Å². The van der Waals surface area contributed by atoms with Gasteiger partial charge in [-0.3, -0.25) is 9.29 Å². The Morgan fingerprint density at radius 2 is 1.81 bits per heavy atom. The molecule has 1 aromatic carbocycles. The normalized spacial score (nSPS) is 14.9. The molecular weight excluding hydrogens is 515 g/mol. The Balaban J connectivity index is 1.85. The molecule has 1 aliphatic heterocycles. The molecular formula is C23H28ClFN4O6S. The second-order valence-corrected chi connectivity index (χ2v) is 11.3. The number of amides is 1. The summed E-state index contributed by atoms with van der Waals surface area (Å²) >= 11 is 5.94. The molecule has 0 saturated carbocycles. The highest BCUT2D eigenvalue weighted by molar-refractivity contribution is 7.90. The van der Waals surface area contributed by atoms with Crippen LogP contribution in [0.15, 0.2) is 36.5 Å². The van der Waals surface area contributed by atoms with Crippen molar-refractivity contribution in [3.8, 4) is 0 Å². The highest BCUT2D eigenvalue weighted by Crippen LogP contribution is 2.28. The van der Waals surface area contributed by atoms with Crippen LogP contribution in [0.3, 0.4) is 0 Å². The van der Waals surface area contributed by atoms with Gasteiger partial charge in [-0.2, -0.15) is 12.7 Å². The summed E-state index contributed by atoms with van der Waals surface area (Å²) in [6.45, 7) is 5.38. The van der Waals surface area contributed by atoms with E-state index in [4.69, 9.17) is 16.3 Å². The van der Waals surface area contributed by atoms with E-state index in [2.05, 4.69) is 9.72 Å². The largest absolute Gasteiger partial charge is 0.465 e. The van der Waals surface area contributed by atoms with E-state index in [0.717, 1.165) is 10.4 Å². The minimum absolute atomic E-state index is 0.0295. The van der Waals surface area contributed by atoms with Crippen molar-refractivity contribution in [2.24, 2.45) is 0 Å². The first-order valence-corrected chi connectivity index (χ1v) is 12.8. The fourth-order valence-electron chi connectivity index (χ4n) is 3.42. The lowest BCUT2D eigenvalue weighted by atomic mass is 10.2. The molecule has 1 aliphatic rings. The Morgan fingerprint density at radius 3 is 2.33 bits per heavy atom. The molecule has 1 fully saturated rings. The maximum atomic E-state index is 13.8. The topological polar surface area (TPSA) is 109 Å². The highest BCUT2D eigenvalue weighted by Gasteiger charge is 2.35. The van der Waals surface area contributed by atoms with Crippen molar-refractivity contribution >= 4 is 39.6 Å². The maximum absolute atomic E-state index is 13.8. The fraction of sp³-hybridized carbons (Fsp3) is 0.435. The van der Waals surface area contributed by atoms with Gasteiger partial charge in [-0.1, -0.05) is 11.6 Å². The minimum Gasteiger partial charge on any atom is -0.465 e. The van der Waals surface area contributed by atoms with Crippen molar-refractivity contribution in [2.75, 3.05) is 37.6 Å². The Kier molecular flexibility index (Phi) is 8.42. The van der Waals surface area contributed by atoms with Gasteiger partial charge in [0.1, 0.15) is 11.4 Å². The second-order valence-electron chi connectivity index (χ2n) is 9.01. The van der Waals surface area contributed by atoms with Crippen LogP contribution >= 0.6 is 11.6 Å². The predicted molar refractivity (Wildman–Crippen MR) is 131 cm³/mol. The molecule has 0 bridgehead atoms. The second kappa shape index (κ2) is 11.0. The molecule has 0 radical (unpaired) electrons. The third-order valence-electron chi connectivity index (χ3n) is 5.24. The molecule has 1 aromatic heterocycles. The lowest BCUT2D eigenvalue weighted by Crippen LogP contribution is -2.54. The molecule has 1 amide bonds. The molecule has 10 nitrogen and oxygen atoms in total. The number of ether oxygens (including phenoxy) is 2. The number of nitrogens with zero attached hydrogens (tertiary/aromatic N) is 4. The van der Waals surface area contributed by atoms with E-state index in [1.54, 1.807) is 20.8 Å². The van der Waals surface area contributed by atoms with Gasteiger partial charge in [-0.25, -0.2) is 14.0 Å². The lowest BCUT2D eigenvalue weighted by molar-refractivity contribution is 0.0192. The number of rotatable bonds is 6. The van der Waals surface area contributed by atoms with E-state index in [9.17, 15) is 22.4 Å². The van der Waals surface area contributed by atoms with Crippen LogP contribution in [0.2, 0.25) is 5.02 Å². The first-order chi connectivity index (χ1) is 16.8. The molecule has 2 aromatic rings. The van der Waals surface area contributed by atoms with E-state index >= 15 is 0 Å². The van der Waals surface area contributed by atoms with Crippen molar-refractivity contribution in [3.05, 3.63) is 58.6 Å². The standard InChI is InChI=1S/C23H28ClFN4O6S/c1-23(2,3)35-22(31)27-9-11-28(12-10-27)36(32,33)29(18-7-8-20(25)19(24)13-18)15-17-6-5-16(14-26-17)21(30)34-4/h5-8,13-14H,9-12,15H2,1-4H3. The van der Waals surface area contributed by atoms with Crippen molar-refractivity contribution in [2.45, 2.75) is 32.9 Å². The summed E-state index contributed by atoms with van der Waals surface area (Å²) in [7, 11) is -2.90. The number of benzene rings is 1. The van der Waals surface area contributed by atoms with Gasteiger partial charge in [0.05, 0.1) is 35.6 Å². The number of anilines is 1.